The Morgan fingerprint density at radius 1 is 1.24 bits per heavy atom. The largest absolute Gasteiger partial charge is 0.508 e. The zero-order valence-corrected chi connectivity index (χ0v) is 14.0. The first-order valence-corrected chi connectivity index (χ1v) is 8.60. The van der Waals surface area contributed by atoms with Crippen molar-refractivity contribution in [2.75, 3.05) is 0 Å². The van der Waals surface area contributed by atoms with E-state index in [0.717, 1.165) is 19.1 Å². The van der Waals surface area contributed by atoms with E-state index in [1.807, 2.05) is 13.0 Å². The van der Waals surface area contributed by atoms with Crippen molar-refractivity contribution in [1.82, 2.24) is 0 Å². The molecule has 2 fully saturated rings. The lowest BCUT2D eigenvalue weighted by Gasteiger charge is -2.61. The van der Waals surface area contributed by atoms with Gasteiger partial charge in [-0.1, -0.05) is 6.08 Å². The van der Waals surface area contributed by atoms with Crippen LogP contribution in [0.3, 0.4) is 0 Å². The molecule has 1 N–H and O–H groups in total. The van der Waals surface area contributed by atoms with Crippen molar-refractivity contribution in [3.63, 3.8) is 0 Å². The first-order valence-electron chi connectivity index (χ1n) is 8.60. The fraction of sp³-hybridized carbons (Fsp3) is 0.450. The van der Waals surface area contributed by atoms with E-state index < -0.39 is 22.4 Å². The van der Waals surface area contributed by atoms with Gasteiger partial charge in [0.2, 0.25) is 5.78 Å². The molecule has 0 unspecified atom stereocenters. The van der Waals surface area contributed by atoms with Gasteiger partial charge in [0.1, 0.15) is 12.0 Å². The van der Waals surface area contributed by atoms with Gasteiger partial charge < -0.3 is 14.6 Å². The molecule has 2 heterocycles. The van der Waals surface area contributed by atoms with Crippen LogP contribution in [0.4, 0.5) is 0 Å². The summed E-state index contributed by atoms with van der Waals surface area (Å²) in [6.07, 6.45) is 4.24. The Morgan fingerprint density at radius 3 is 2.72 bits per heavy atom. The standard InChI is InChI=1S/C20H18O5/c1-18(9-21)13-5-6-19(2)14(13)8-15-16(23)11-4-3-10(22)7-12(11)17(24)20(15,18)25-19/h3-4,7-9,13-14,22H,5-6H2,1-2H3/t13-,14+,18+,19-,20+/m0/s1. The van der Waals surface area contributed by atoms with Gasteiger partial charge >= 0.3 is 0 Å². The van der Waals surface area contributed by atoms with Crippen LogP contribution in [-0.2, 0) is 9.53 Å². The van der Waals surface area contributed by atoms with Crippen LogP contribution < -0.4 is 0 Å². The molecule has 5 aliphatic rings. The first kappa shape index (κ1) is 15.0. The quantitative estimate of drug-likeness (QED) is 0.796. The molecule has 5 nitrogen and oxygen atoms in total. The average molecular weight is 338 g/mol. The van der Waals surface area contributed by atoms with Crippen LogP contribution in [0.15, 0.2) is 29.8 Å². The lowest BCUT2D eigenvalue weighted by Crippen LogP contribution is -2.72. The second-order valence-electron chi connectivity index (χ2n) is 8.14. The number of ketones is 2. The zero-order chi connectivity index (χ0) is 17.8. The SMILES string of the molecule is C[C@]12CC[C@H]3[C@H]1C=C1C(=O)c4ccc(O)cc4C(=O)[C@@]1(O2)[C@]3(C)C=O. The van der Waals surface area contributed by atoms with Crippen LogP contribution in [0.2, 0.25) is 0 Å². The number of carbonyl (C=O) groups is 3. The highest BCUT2D eigenvalue weighted by Crippen LogP contribution is 2.68. The molecule has 1 aromatic rings. The van der Waals surface area contributed by atoms with Gasteiger partial charge in [-0.05, 0) is 50.8 Å². The van der Waals surface area contributed by atoms with Crippen LogP contribution in [0, 0.1) is 17.3 Å². The Bertz CT molecular complexity index is 915. The van der Waals surface area contributed by atoms with Crippen molar-refractivity contribution in [3.05, 3.63) is 41.0 Å². The molecule has 1 saturated heterocycles. The maximum atomic E-state index is 13.6. The minimum atomic E-state index is -1.59. The number of phenols is 1. The fourth-order valence-electron chi connectivity index (χ4n) is 5.73. The van der Waals surface area contributed by atoms with Gasteiger partial charge in [-0.3, -0.25) is 9.59 Å². The third-order valence-electron chi connectivity index (χ3n) is 7.03. The molecule has 3 aliphatic carbocycles. The number of phenolic OH excluding ortho intramolecular Hbond substituents is 1. The lowest BCUT2D eigenvalue weighted by atomic mass is 9.49. The molecule has 0 amide bonds. The van der Waals surface area contributed by atoms with E-state index in [4.69, 9.17) is 4.74 Å². The highest BCUT2D eigenvalue weighted by Gasteiger charge is 2.76. The number of aromatic hydroxyl groups is 1. The highest BCUT2D eigenvalue weighted by molar-refractivity contribution is 6.28. The van der Waals surface area contributed by atoms with E-state index in [1.165, 1.54) is 18.2 Å². The third-order valence-corrected chi connectivity index (χ3v) is 7.03. The number of carbonyl (C=O) groups excluding carboxylic acids is 3. The smallest absolute Gasteiger partial charge is 0.201 e. The Balaban J connectivity index is 1.88. The second kappa shape index (κ2) is 4.10. The topological polar surface area (TPSA) is 80.7 Å². The molecule has 1 saturated carbocycles. The zero-order valence-electron chi connectivity index (χ0n) is 14.0. The summed E-state index contributed by atoms with van der Waals surface area (Å²) in [5.74, 6) is -0.835. The number of hydrogen-bond acceptors (Lipinski definition) is 5. The fourth-order valence-corrected chi connectivity index (χ4v) is 5.73. The van der Waals surface area contributed by atoms with Gasteiger partial charge in [0, 0.05) is 22.6 Å². The minimum absolute atomic E-state index is 0.0249. The minimum Gasteiger partial charge on any atom is -0.508 e. The summed E-state index contributed by atoms with van der Waals surface area (Å²) >= 11 is 0. The molecule has 5 atom stereocenters. The van der Waals surface area contributed by atoms with Gasteiger partial charge in [0.25, 0.3) is 0 Å². The number of benzene rings is 1. The predicted octanol–water partition coefficient (Wildman–Crippen LogP) is 2.47. The molecular weight excluding hydrogens is 320 g/mol. The van der Waals surface area contributed by atoms with Crippen molar-refractivity contribution in [1.29, 1.82) is 0 Å². The van der Waals surface area contributed by atoms with Crippen molar-refractivity contribution in [3.8, 4) is 5.75 Å². The van der Waals surface area contributed by atoms with Crippen LogP contribution in [0.1, 0.15) is 47.4 Å². The summed E-state index contributed by atoms with van der Waals surface area (Å²) in [6, 6.07) is 4.17. The molecule has 1 spiro atoms. The monoisotopic (exact) mass is 338 g/mol. The Labute approximate surface area is 144 Å². The molecule has 0 radical (unpaired) electrons. The van der Waals surface area contributed by atoms with E-state index >= 15 is 0 Å². The van der Waals surface area contributed by atoms with Gasteiger partial charge in [-0.25, -0.2) is 0 Å². The van der Waals surface area contributed by atoms with Crippen LogP contribution in [0.5, 0.6) is 5.75 Å². The Kier molecular flexibility index (Phi) is 2.46. The predicted molar refractivity (Wildman–Crippen MR) is 87.5 cm³/mol. The van der Waals surface area contributed by atoms with E-state index in [1.54, 1.807) is 6.92 Å². The van der Waals surface area contributed by atoms with Crippen LogP contribution >= 0.6 is 0 Å². The Morgan fingerprint density at radius 2 is 2.00 bits per heavy atom. The van der Waals surface area contributed by atoms with E-state index in [9.17, 15) is 19.5 Å². The maximum absolute atomic E-state index is 13.6. The number of ether oxygens (including phenoxy) is 1. The Hall–Kier alpha value is -2.27. The molecule has 5 heteroatoms. The summed E-state index contributed by atoms with van der Waals surface area (Å²) in [7, 11) is 0. The van der Waals surface area contributed by atoms with E-state index in [2.05, 4.69) is 0 Å². The van der Waals surface area contributed by atoms with Crippen molar-refractivity contribution in [2.45, 2.75) is 37.9 Å². The molecule has 128 valence electrons. The maximum Gasteiger partial charge on any atom is 0.201 e. The summed E-state index contributed by atoms with van der Waals surface area (Å²) in [5.41, 5.74) is -2.52. The first-order chi connectivity index (χ1) is 11.8. The molecule has 25 heavy (non-hydrogen) atoms. The lowest BCUT2D eigenvalue weighted by molar-refractivity contribution is -0.219. The highest BCUT2D eigenvalue weighted by atomic mass is 16.5. The number of aldehydes is 1. The van der Waals surface area contributed by atoms with Gasteiger partial charge in [-0.15, -0.1) is 0 Å². The number of hydrogen-bond donors (Lipinski definition) is 1. The molecule has 0 aromatic heterocycles. The number of Topliss-reactive ketones (excluding diaryl/α,β-unsaturated/α-hetero) is 2. The van der Waals surface area contributed by atoms with Gasteiger partial charge in [0.15, 0.2) is 11.4 Å². The van der Waals surface area contributed by atoms with Crippen molar-refractivity contribution < 1.29 is 24.2 Å². The molecule has 1 aromatic carbocycles. The molecule has 6 rings (SSSR count). The normalized spacial score (nSPS) is 43.5. The van der Waals surface area contributed by atoms with Crippen LogP contribution in [-0.4, -0.2) is 34.2 Å². The second-order valence-corrected chi connectivity index (χ2v) is 8.14. The van der Waals surface area contributed by atoms with Crippen molar-refractivity contribution in [2.24, 2.45) is 17.3 Å². The van der Waals surface area contributed by atoms with E-state index in [0.29, 0.717) is 5.57 Å². The van der Waals surface area contributed by atoms with Crippen LogP contribution in [0.25, 0.3) is 0 Å². The summed E-state index contributed by atoms with van der Waals surface area (Å²) in [5, 5.41) is 9.82. The summed E-state index contributed by atoms with van der Waals surface area (Å²) < 4.78 is 6.39. The molecular formula is C20H18O5. The molecule has 4 bridgehead atoms. The van der Waals surface area contributed by atoms with Crippen molar-refractivity contribution >= 4 is 17.9 Å². The van der Waals surface area contributed by atoms with Gasteiger partial charge in [-0.2, -0.15) is 0 Å². The third kappa shape index (κ3) is 1.36. The number of rotatable bonds is 1. The molecule has 2 aliphatic heterocycles. The van der Waals surface area contributed by atoms with Gasteiger partial charge in [0.05, 0.1) is 11.0 Å². The van der Waals surface area contributed by atoms with E-state index in [-0.39, 0.29) is 34.5 Å². The average Bonchev–Trinajstić information content (AvgIpc) is 2.89. The summed E-state index contributed by atoms with van der Waals surface area (Å²) in [6.45, 7) is 3.71. The number of fused-ring (bicyclic) bond motifs is 1. The summed E-state index contributed by atoms with van der Waals surface area (Å²) in [4.78, 5) is 38.9.